The van der Waals surface area contributed by atoms with Crippen LogP contribution in [0.1, 0.15) is 51.9 Å². The molecule has 3 aliphatic rings. The Balaban J connectivity index is 1.83. The number of ketones is 1. The predicted octanol–water partition coefficient (Wildman–Crippen LogP) is 2.14. The van der Waals surface area contributed by atoms with Crippen LogP contribution in [-0.2, 0) is 9.53 Å². The van der Waals surface area contributed by atoms with E-state index in [4.69, 9.17) is 4.74 Å². The van der Waals surface area contributed by atoms with Gasteiger partial charge in [-0.25, -0.2) is 0 Å². The van der Waals surface area contributed by atoms with Gasteiger partial charge in [0.15, 0.2) is 0 Å². The first-order valence-corrected chi connectivity index (χ1v) is 7.07. The van der Waals surface area contributed by atoms with Crippen LogP contribution in [0.4, 0.5) is 0 Å². The monoisotopic (exact) mass is 237 g/mol. The van der Waals surface area contributed by atoms with E-state index in [1.165, 1.54) is 19.3 Å². The molecular formula is C14H23NO2. The minimum Gasteiger partial charge on any atom is -0.381 e. The third-order valence-corrected chi connectivity index (χ3v) is 4.98. The fourth-order valence-electron chi connectivity index (χ4n) is 4.13. The fraction of sp³-hybridized carbons (Fsp3) is 0.929. The van der Waals surface area contributed by atoms with E-state index in [-0.39, 0.29) is 5.54 Å². The van der Waals surface area contributed by atoms with Crippen molar-refractivity contribution in [1.82, 2.24) is 4.90 Å². The van der Waals surface area contributed by atoms with Crippen molar-refractivity contribution >= 4 is 5.78 Å². The van der Waals surface area contributed by atoms with Crippen LogP contribution in [0.5, 0.6) is 0 Å². The Kier molecular flexibility index (Phi) is 2.99. The van der Waals surface area contributed by atoms with Gasteiger partial charge >= 0.3 is 0 Å². The molecule has 2 bridgehead atoms. The lowest BCUT2D eigenvalue weighted by atomic mass is 9.77. The average molecular weight is 237 g/mol. The number of carbonyl (C=O) groups is 1. The molecule has 0 aromatic heterocycles. The second-order valence-electron chi connectivity index (χ2n) is 6.20. The van der Waals surface area contributed by atoms with Crippen molar-refractivity contribution in [2.75, 3.05) is 13.2 Å². The topological polar surface area (TPSA) is 29.5 Å². The quantitative estimate of drug-likeness (QED) is 0.700. The molecule has 17 heavy (non-hydrogen) atoms. The Labute approximate surface area is 104 Å². The summed E-state index contributed by atoms with van der Waals surface area (Å²) in [5.41, 5.74) is 0.286. The van der Waals surface area contributed by atoms with E-state index in [0.29, 0.717) is 17.9 Å². The Morgan fingerprint density at radius 2 is 1.76 bits per heavy atom. The highest BCUT2D eigenvalue weighted by Gasteiger charge is 2.46. The molecule has 0 amide bonds. The SMILES string of the molecule is CC1(N2C3CCCC2CC(=O)C3)CCOCC1. The minimum atomic E-state index is 0.286. The molecule has 3 rings (SSSR count). The van der Waals surface area contributed by atoms with E-state index in [1.807, 2.05) is 0 Å². The maximum atomic E-state index is 11.8. The molecule has 0 N–H and O–H groups in total. The fourth-order valence-corrected chi connectivity index (χ4v) is 4.13. The molecule has 96 valence electrons. The first-order valence-electron chi connectivity index (χ1n) is 7.07. The highest BCUT2D eigenvalue weighted by molar-refractivity contribution is 5.80. The average Bonchev–Trinajstić information content (AvgIpc) is 2.28. The Hall–Kier alpha value is -0.410. The first-order chi connectivity index (χ1) is 8.19. The maximum Gasteiger partial charge on any atom is 0.136 e. The van der Waals surface area contributed by atoms with E-state index in [9.17, 15) is 4.79 Å². The van der Waals surface area contributed by atoms with E-state index in [1.54, 1.807) is 0 Å². The largest absolute Gasteiger partial charge is 0.381 e. The molecule has 3 heterocycles. The highest BCUT2D eigenvalue weighted by atomic mass is 16.5. The summed E-state index contributed by atoms with van der Waals surface area (Å²) in [4.78, 5) is 14.5. The number of rotatable bonds is 1. The van der Waals surface area contributed by atoms with Crippen molar-refractivity contribution in [2.45, 2.75) is 69.5 Å². The zero-order valence-electron chi connectivity index (χ0n) is 10.8. The molecule has 0 spiro atoms. The minimum absolute atomic E-state index is 0.286. The summed E-state index contributed by atoms with van der Waals surface area (Å²) in [5, 5.41) is 0. The van der Waals surface area contributed by atoms with E-state index in [2.05, 4.69) is 11.8 Å². The Bertz CT molecular complexity index is 293. The van der Waals surface area contributed by atoms with Gasteiger partial charge in [-0.2, -0.15) is 0 Å². The molecule has 2 atom stereocenters. The number of ether oxygens (including phenoxy) is 1. The van der Waals surface area contributed by atoms with Gasteiger partial charge in [0.2, 0.25) is 0 Å². The van der Waals surface area contributed by atoms with Gasteiger partial charge in [0.1, 0.15) is 5.78 Å². The summed E-state index contributed by atoms with van der Waals surface area (Å²) in [7, 11) is 0. The molecule has 3 heteroatoms. The number of hydrogen-bond acceptors (Lipinski definition) is 3. The van der Waals surface area contributed by atoms with Crippen LogP contribution in [0.3, 0.4) is 0 Å². The van der Waals surface area contributed by atoms with Gasteiger partial charge in [-0.05, 0) is 32.6 Å². The summed E-state index contributed by atoms with van der Waals surface area (Å²) in [5.74, 6) is 0.492. The molecule has 0 radical (unpaired) electrons. The number of carbonyl (C=O) groups excluding carboxylic acids is 1. The summed E-state index contributed by atoms with van der Waals surface area (Å²) in [6.45, 7) is 4.16. The summed E-state index contributed by atoms with van der Waals surface area (Å²) in [6.07, 6.45) is 7.62. The van der Waals surface area contributed by atoms with Gasteiger partial charge in [-0.1, -0.05) is 6.42 Å². The highest BCUT2D eigenvalue weighted by Crippen LogP contribution is 2.41. The number of fused-ring (bicyclic) bond motifs is 2. The molecule has 2 unspecified atom stereocenters. The van der Waals surface area contributed by atoms with Crippen molar-refractivity contribution < 1.29 is 9.53 Å². The third kappa shape index (κ3) is 2.04. The number of piperidine rings is 2. The Morgan fingerprint density at radius 3 is 2.35 bits per heavy atom. The zero-order chi connectivity index (χ0) is 11.9. The van der Waals surface area contributed by atoms with Crippen molar-refractivity contribution in [2.24, 2.45) is 0 Å². The molecule has 0 saturated carbocycles. The summed E-state index contributed by atoms with van der Waals surface area (Å²) >= 11 is 0. The lowest BCUT2D eigenvalue weighted by Crippen LogP contribution is -2.63. The van der Waals surface area contributed by atoms with E-state index < -0.39 is 0 Å². The predicted molar refractivity (Wildman–Crippen MR) is 66.0 cm³/mol. The van der Waals surface area contributed by atoms with Crippen molar-refractivity contribution in [3.8, 4) is 0 Å². The normalized spacial score (nSPS) is 38.1. The van der Waals surface area contributed by atoms with Crippen LogP contribution >= 0.6 is 0 Å². The summed E-state index contributed by atoms with van der Waals surface area (Å²) in [6, 6.07) is 1.05. The third-order valence-electron chi connectivity index (χ3n) is 4.98. The number of nitrogens with zero attached hydrogens (tertiary/aromatic N) is 1. The van der Waals surface area contributed by atoms with Gasteiger partial charge < -0.3 is 4.74 Å². The second-order valence-corrected chi connectivity index (χ2v) is 6.20. The van der Waals surface area contributed by atoms with Crippen LogP contribution < -0.4 is 0 Å². The number of Topliss-reactive ketones (excluding diaryl/α,β-unsaturated/α-hetero) is 1. The van der Waals surface area contributed by atoms with Crippen LogP contribution in [0, 0.1) is 0 Å². The van der Waals surface area contributed by atoms with Crippen molar-refractivity contribution in [1.29, 1.82) is 0 Å². The maximum absolute atomic E-state index is 11.8. The van der Waals surface area contributed by atoms with E-state index in [0.717, 1.165) is 38.9 Å². The standard InChI is InChI=1S/C14H23NO2/c1-14(5-7-17-8-6-14)15-11-3-2-4-12(15)10-13(16)9-11/h11-12H,2-10H2,1H3. The van der Waals surface area contributed by atoms with Gasteiger partial charge in [0.05, 0.1) is 0 Å². The smallest absolute Gasteiger partial charge is 0.136 e. The van der Waals surface area contributed by atoms with Gasteiger partial charge in [0.25, 0.3) is 0 Å². The number of hydrogen-bond donors (Lipinski definition) is 0. The molecule has 3 saturated heterocycles. The van der Waals surface area contributed by atoms with Crippen LogP contribution in [0.25, 0.3) is 0 Å². The zero-order valence-corrected chi connectivity index (χ0v) is 10.8. The van der Waals surface area contributed by atoms with Crippen molar-refractivity contribution in [3.05, 3.63) is 0 Å². The Morgan fingerprint density at radius 1 is 1.18 bits per heavy atom. The van der Waals surface area contributed by atoms with Crippen LogP contribution in [-0.4, -0.2) is 41.5 Å². The van der Waals surface area contributed by atoms with Gasteiger partial charge in [0, 0.05) is 43.7 Å². The second kappa shape index (κ2) is 4.36. The van der Waals surface area contributed by atoms with Crippen molar-refractivity contribution in [3.63, 3.8) is 0 Å². The molecule has 3 nitrogen and oxygen atoms in total. The lowest BCUT2D eigenvalue weighted by molar-refractivity contribution is -0.137. The lowest BCUT2D eigenvalue weighted by Gasteiger charge is -2.55. The van der Waals surface area contributed by atoms with Gasteiger partial charge in [-0.15, -0.1) is 0 Å². The van der Waals surface area contributed by atoms with E-state index >= 15 is 0 Å². The molecule has 0 aromatic rings. The molecule has 0 aliphatic carbocycles. The summed E-state index contributed by atoms with van der Waals surface area (Å²) < 4.78 is 5.51. The molecule has 3 fully saturated rings. The van der Waals surface area contributed by atoms with Gasteiger partial charge in [-0.3, -0.25) is 9.69 Å². The first kappa shape index (κ1) is 11.7. The molecular weight excluding hydrogens is 214 g/mol. The van der Waals surface area contributed by atoms with Crippen LogP contribution in [0.2, 0.25) is 0 Å². The molecule has 3 aliphatic heterocycles. The van der Waals surface area contributed by atoms with Crippen LogP contribution in [0.15, 0.2) is 0 Å². The molecule has 0 aromatic carbocycles.